The van der Waals surface area contributed by atoms with Gasteiger partial charge < -0.3 is 10.2 Å². The quantitative estimate of drug-likeness (QED) is 0.695. The second kappa shape index (κ2) is 5.67. The SMILES string of the molecule is Cc1cc(-c2nnc(-c3ccc(C)c(C(F)(F)F)c3)o2)ccc1N. The molecule has 0 aliphatic heterocycles. The van der Waals surface area contributed by atoms with Gasteiger partial charge in [0.15, 0.2) is 0 Å². The third-order valence-electron chi connectivity index (χ3n) is 3.73. The van der Waals surface area contributed by atoms with Crippen LogP contribution in [0, 0.1) is 13.8 Å². The zero-order valence-electron chi connectivity index (χ0n) is 13.0. The minimum atomic E-state index is -4.43. The molecule has 0 spiro atoms. The van der Waals surface area contributed by atoms with Crippen molar-refractivity contribution in [2.24, 2.45) is 0 Å². The van der Waals surface area contributed by atoms with Crippen LogP contribution in [-0.4, -0.2) is 10.2 Å². The van der Waals surface area contributed by atoms with E-state index >= 15 is 0 Å². The zero-order valence-corrected chi connectivity index (χ0v) is 13.0. The largest absolute Gasteiger partial charge is 0.416 e. The summed E-state index contributed by atoms with van der Waals surface area (Å²) in [6.45, 7) is 3.24. The van der Waals surface area contributed by atoms with E-state index in [1.807, 2.05) is 6.92 Å². The Morgan fingerprint density at radius 3 is 2.04 bits per heavy atom. The molecule has 0 atom stereocenters. The Balaban J connectivity index is 2.00. The van der Waals surface area contributed by atoms with Gasteiger partial charge in [-0.25, -0.2) is 0 Å². The van der Waals surface area contributed by atoms with E-state index in [1.54, 1.807) is 18.2 Å². The van der Waals surface area contributed by atoms with Gasteiger partial charge in [0.1, 0.15) is 0 Å². The van der Waals surface area contributed by atoms with E-state index in [0.29, 0.717) is 11.3 Å². The summed E-state index contributed by atoms with van der Waals surface area (Å²) in [5.41, 5.74) is 7.54. The number of aromatic nitrogens is 2. The summed E-state index contributed by atoms with van der Waals surface area (Å²) in [6.07, 6.45) is -4.43. The molecule has 7 heteroatoms. The fraction of sp³-hybridized carbons (Fsp3) is 0.176. The summed E-state index contributed by atoms with van der Waals surface area (Å²) in [6, 6.07) is 9.13. The molecule has 1 aromatic heterocycles. The van der Waals surface area contributed by atoms with Gasteiger partial charge in [-0.05, 0) is 55.3 Å². The maximum absolute atomic E-state index is 13.0. The molecule has 0 bridgehead atoms. The highest BCUT2D eigenvalue weighted by molar-refractivity contribution is 5.63. The molecule has 0 radical (unpaired) electrons. The van der Waals surface area contributed by atoms with Crippen LogP contribution >= 0.6 is 0 Å². The third-order valence-corrected chi connectivity index (χ3v) is 3.73. The van der Waals surface area contributed by atoms with Crippen molar-refractivity contribution in [3.05, 3.63) is 53.1 Å². The lowest BCUT2D eigenvalue weighted by atomic mass is 10.0. The van der Waals surface area contributed by atoms with Gasteiger partial charge in [-0.3, -0.25) is 0 Å². The normalized spacial score (nSPS) is 11.7. The van der Waals surface area contributed by atoms with Crippen molar-refractivity contribution in [1.29, 1.82) is 0 Å². The maximum atomic E-state index is 13.0. The van der Waals surface area contributed by atoms with Crippen LogP contribution in [0.3, 0.4) is 0 Å². The van der Waals surface area contributed by atoms with Crippen molar-refractivity contribution in [2.45, 2.75) is 20.0 Å². The van der Waals surface area contributed by atoms with Gasteiger partial charge >= 0.3 is 6.18 Å². The van der Waals surface area contributed by atoms with E-state index < -0.39 is 11.7 Å². The average molecular weight is 333 g/mol. The molecule has 0 amide bonds. The first kappa shape index (κ1) is 16.0. The molecule has 4 nitrogen and oxygen atoms in total. The van der Waals surface area contributed by atoms with Crippen LogP contribution in [0.5, 0.6) is 0 Å². The lowest BCUT2D eigenvalue weighted by molar-refractivity contribution is -0.138. The maximum Gasteiger partial charge on any atom is 0.416 e. The first-order chi connectivity index (χ1) is 11.3. The summed E-state index contributed by atoms with van der Waals surface area (Å²) < 4.78 is 44.6. The summed E-state index contributed by atoms with van der Waals surface area (Å²) in [5.74, 6) is 0.257. The number of anilines is 1. The second-order valence-electron chi connectivity index (χ2n) is 5.51. The molecule has 0 saturated heterocycles. The molecule has 0 aliphatic rings. The molecule has 0 fully saturated rings. The minimum Gasteiger partial charge on any atom is -0.416 e. The number of hydrogen-bond donors (Lipinski definition) is 1. The van der Waals surface area contributed by atoms with Gasteiger partial charge in [0.2, 0.25) is 11.8 Å². The molecule has 0 unspecified atom stereocenters. The van der Waals surface area contributed by atoms with Crippen molar-refractivity contribution in [3.63, 3.8) is 0 Å². The third kappa shape index (κ3) is 2.97. The van der Waals surface area contributed by atoms with Gasteiger partial charge in [-0.15, -0.1) is 10.2 Å². The van der Waals surface area contributed by atoms with Crippen molar-refractivity contribution in [3.8, 4) is 22.9 Å². The highest BCUT2D eigenvalue weighted by Crippen LogP contribution is 2.35. The molecule has 3 rings (SSSR count). The molecule has 3 aromatic rings. The highest BCUT2D eigenvalue weighted by Gasteiger charge is 2.33. The summed E-state index contributed by atoms with van der Waals surface area (Å²) in [7, 11) is 0. The summed E-state index contributed by atoms with van der Waals surface area (Å²) >= 11 is 0. The summed E-state index contributed by atoms with van der Waals surface area (Å²) in [4.78, 5) is 0. The van der Waals surface area contributed by atoms with E-state index in [1.165, 1.54) is 19.1 Å². The number of nitrogens with two attached hydrogens (primary N) is 1. The standard InChI is InChI=1S/C17H14F3N3O/c1-9-3-4-12(8-13(9)17(18,19)20)16-23-22-15(24-16)11-5-6-14(21)10(2)7-11/h3-8H,21H2,1-2H3. The fourth-order valence-corrected chi connectivity index (χ4v) is 2.33. The van der Waals surface area contributed by atoms with E-state index in [0.717, 1.165) is 11.6 Å². The van der Waals surface area contributed by atoms with E-state index in [-0.39, 0.29) is 22.9 Å². The smallest absolute Gasteiger partial charge is 0.416 e. The second-order valence-corrected chi connectivity index (χ2v) is 5.51. The molecule has 0 saturated carbocycles. The Kier molecular flexibility index (Phi) is 3.79. The topological polar surface area (TPSA) is 64.9 Å². The minimum absolute atomic E-state index is 0.0324. The van der Waals surface area contributed by atoms with Crippen LogP contribution in [0.15, 0.2) is 40.8 Å². The van der Waals surface area contributed by atoms with Gasteiger partial charge in [0, 0.05) is 16.8 Å². The van der Waals surface area contributed by atoms with Gasteiger partial charge in [-0.2, -0.15) is 13.2 Å². The van der Waals surface area contributed by atoms with Crippen LogP contribution < -0.4 is 5.73 Å². The number of rotatable bonds is 2. The van der Waals surface area contributed by atoms with E-state index in [2.05, 4.69) is 10.2 Å². The van der Waals surface area contributed by atoms with Crippen LogP contribution in [0.25, 0.3) is 22.9 Å². The number of aryl methyl sites for hydroxylation is 2. The van der Waals surface area contributed by atoms with Crippen molar-refractivity contribution in [1.82, 2.24) is 10.2 Å². The molecule has 2 aromatic carbocycles. The Hall–Kier alpha value is -2.83. The molecular weight excluding hydrogens is 319 g/mol. The number of benzene rings is 2. The zero-order chi connectivity index (χ0) is 17.5. The number of nitrogens with zero attached hydrogens (tertiary/aromatic N) is 2. The molecule has 0 aliphatic carbocycles. The van der Waals surface area contributed by atoms with Crippen molar-refractivity contribution in [2.75, 3.05) is 5.73 Å². The number of alkyl halides is 3. The lowest BCUT2D eigenvalue weighted by Gasteiger charge is -2.10. The Bertz CT molecular complexity index is 900. The van der Waals surface area contributed by atoms with Gasteiger partial charge in [0.05, 0.1) is 5.56 Å². The molecule has 24 heavy (non-hydrogen) atoms. The monoisotopic (exact) mass is 333 g/mol. The van der Waals surface area contributed by atoms with Crippen LogP contribution in [0.1, 0.15) is 16.7 Å². The first-order valence-electron chi connectivity index (χ1n) is 7.14. The predicted octanol–water partition coefficient (Wildman–Crippen LogP) is 4.62. The molecule has 2 N–H and O–H groups in total. The number of hydrogen-bond acceptors (Lipinski definition) is 4. The Labute approximate surface area is 136 Å². The Morgan fingerprint density at radius 1 is 0.875 bits per heavy atom. The van der Waals surface area contributed by atoms with E-state index in [9.17, 15) is 13.2 Å². The van der Waals surface area contributed by atoms with Gasteiger partial charge in [-0.1, -0.05) is 6.07 Å². The number of halogens is 3. The Morgan fingerprint density at radius 2 is 1.46 bits per heavy atom. The van der Waals surface area contributed by atoms with Crippen molar-refractivity contribution < 1.29 is 17.6 Å². The highest BCUT2D eigenvalue weighted by atomic mass is 19.4. The van der Waals surface area contributed by atoms with Crippen molar-refractivity contribution >= 4 is 5.69 Å². The predicted molar refractivity (Wildman–Crippen MR) is 84.1 cm³/mol. The van der Waals surface area contributed by atoms with Crippen LogP contribution in [0.4, 0.5) is 18.9 Å². The average Bonchev–Trinajstić information content (AvgIpc) is 2.99. The molecule has 1 heterocycles. The fourth-order valence-electron chi connectivity index (χ4n) is 2.33. The van der Waals surface area contributed by atoms with Crippen LogP contribution in [-0.2, 0) is 6.18 Å². The molecular formula is C17H14F3N3O. The lowest BCUT2D eigenvalue weighted by Crippen LogP contribution is -2.07. The summed E-state index contributed by atoms with van der Waals surface area (Å²) in [5, 5.41) is 7.76. The number of nitrogen functional groups attached to an aromatic ring is 1. The van der Waals surface area contributed by atoms with E-state index in [4.69, 9.17) is 10.2 Å². The van der Waals surface area contributed by atoms with Gasteiger partial charge in [0.25, 0.3) is 0 Å². The van der Waals surface area contributed by atoms with Crippen LogP contribution in [0.2, 0.25) is 0 Å². The molecule has 124 valence electrons. The first-order valence-corrected chi connectivity index (χ1v) is 7.14.